The van der Waals surface area contributed by atoms with E-state index < -0.39 is 15.6 Å². The van der Waals surface area contributed by atoms with Crippen LogP contribution in [0.15, 0.2) is 4.99 Å². The van der Waals surface area contributed by atoms with Crippen LogP contribution in [0.25, 0.3) is 0 Å². The first-order valence-corrected chi connectivity index (χ1v) is 10.3. The molecule has 1 aliphatic heterocycles. The number of amides is 1. The highest BCUT2D eigenvalue weighted by Crippen LogP contribution is 2.11. The summed E-state index contributed by atoms with van der Waals surface area (Å²) in [6, 6.07) is 0.199. The Morgan fingerprint density at radius 1 is 1.32 bits per heavy atom. The van der Waals surface area contributed by atoms with Crippen LogP contribution in [-0.4, -0.2) is 76.5 Å². The summed E-state index contributed by atoms with van der Waals surface area (Å²) in [5.41, 5.74) is -0.676. The maximum absolute atomic E-state index is 11.5. The molecule has 0 aromatic rings. The number of hydrogen-bond acceptors (Lipinski definition) is 5. The van der Waals surface area contributed by atoms with E-state index in [1.165, 1.54) is 7.11 Å². The molecule has 1 heterocycles. The van der Waals surface area contributed by atoms with Crippen molar-refractivity contribution >= 4 is 22.1 Å². The summed E-state index contributed by atoms with van der Waals surface area (Å²) < 4.78 is 30.1. The average molecular weight is 378 g/mol. The van der Waals surface area contributed by atoms with Gasteiger partial charge in [-0.3, -0.25) is 4.99 Å². The number of sulfonamides is 1. The predicted molar refractivity (Wildman–Crippen MR) is 98.2 cm³/mol. The number of carbonyl (C=O) groups excluding carboxylic acids is 1. The molecule has 10 heteroatoms. The molecule has 3 N–H and O–H groups in total. The number of carbonyl (C=O) groups is 1. The highest BCUT2D eigenvalue weighted by Gasteiger charge is 2.25. The van der Waals surface area contributed by atoms with Crippen LogP contribution in [0.2, 0.25) is 0 Å². The van der Waals surface area contributed by atoms with Gasteiger partial charge in [0, 0.05) is 31.2 Å². The third-order valence-corrected chi connectivity index (χ3v) is 4.63. The molecule has 25 heavy (non-hydrogen) atoms. The number of hydrogen-bond donors (Lipinski definition) is 3. The predicted octanol–water partition coefficient (Wildman–Crippen LogP) is 0.100. The van der Waals surface area contributed by atoms with E-state index in [9.17, 15) is 13.2 Å². The summed E-state index contributed by atoms with van der Waals surface area (Å²) in [4.78, 5) is 17.7. The molecule has 1 amide bonds. The maximum Gasteiger partial charge on any atom is 0.409 e. The molecule has 1 rings (SSSR count). The fourth-order valence-electron chi connectivity index (χ4n) is 2.66. The van der Waals surface area contributed by atoms with Crippen LogP contribution in [0.3, 0.4) is 0 Å². The minimum absolute atomic E-state index is 0.199. The Hall–Kier alpha value is -1.55. The first-order chi connectivity index (χ1) is 11.6. The van der Waals surface area contributed by atoms with E-state index in [0.717, 1.165) is 19.1 Å². The molecule has 0 atom stereocenters. The zero-order valence-electron chi connectivity index (χ0n) is 15.8. The summed E-state index contributed by atoms with van der Waals surface area (Å²) in [5.74, 6) is 0.641. The lowest BCUT2D eigenvalue weighted by Crippen LogP contribution is -2.51. The second-order valence-corrected chi connectivity index (χ2v) is 8.58. The molecule has 0 spiro atoms. The van der Waals surface area contributed by atoms with Gasteiger partial charge in [0.1, 0.15) is 0 Å². The number of nitrogens with zero attached hydrogens (tertiary/aromatic N) is 2. The number of guanidine groups is 1. The van der Waals surface area contributed by atoms with Crippen LogP contribution in [-0.2, 0) is 14.8 Å². The largest absolute Gasteiger partial charge is 0.453 e. The van der Waals surface area contributed by atoms with Gasteiger partial charge in [0.05, 0.1) is 19.9 Å². The fraction of sp³-hybridized carbons (Fsp3) is 0.867. The van der Waals surface area contributed by atoms with E-state index in [-0.39, 0.29) is 12.1 Å². The Labute approximate surface area is 150 Å². The second-order valence-electron chi connectivity index (χ2n) is 6.83. The molecule has 0 bridgehead atoms. The van der Waals surface area contributed by atoms with Gasteiger partial charge in [-0.15, -0.1) is 0 Å². The fourth-order valence-corrected chi connectivity index (χ4v) is 3.73. The van der Waals surface area contributed by atoms with Gasteiger partial charge < -0.3 is 20.3 Å². The number of aliphatic imine (C=N–C) groups is 1. The Kier molecular flexibility index (Phi) is 7.94. The molecule has 1 saturated heterocycles. The van der Waals surface area contributed by atoms with Crippen LogP contribution in [0.4, 0.5) is 4.79 Å². The smallest absolute Gasteiger partial charge is 0.409 e. The number of piperidine rings is 1. The van der Waals surface area contributed by atoms with E-state index in [1.807, 2.05) is 6.92 Å². The van der Waals surface area contributed by atoms with E-state index in [2.05, 4.69) is 20.3 Å². The van der Waals surface area contributed by atoms with Crippen molar-refractivity contribution in [2.45, 2.75) is 45.2 Å². The van der Waals surface area contributed by atoms with Gasteiger partial charge in [-0.25, -0.2) is 17.9 Å². The van der Waals surface area contributed by atoms with Crippen LogP contribution >= 0.6 is 0 Å². The number of likely N-dealkylation sites (tertiary alicyclic amines) is 1. The first-order valence-electron chi connectivity index (χ1n) is 8.43. The van der Waals surface area contributed by atoms with Gasteiger partial charge in [0.2, 0.25) is 10.0 Å². The van der Waals surface area contributed by atoms with Crippen molar-refractivity contribution in [3.8, 4) is 0 Å². The summed E-state index contributed by atoms with van der Waals surface area (Å²) >= 11 is 0. The Morgan fingerprint density at radius 2 is 1.92 bits per heavy atom. The van der Waals surface area contributed by atoms with Gasteiger partial charge in [-0.1, -0.05) is 0 Å². The van der Waals surface area contributed by atoms with Crippen LogP contribution in [0.1, 0.15) is 33.6 Å². The quantitative estimate of drug-likeness (QED) is 0.447. The van der Waals surface area contributed by atoms with Crippen LogP contribution in [0.5, 0.6) is 0 Å². The second kappa shape index (κ2) is 9.23. The highest BCUT2D eigenvalue weighted by atomic mass is 32.2. The van der Waals surface area contributed by atoms with Crippen molar-refractivity contribution in [1.82, 2.24) is 20.3 Å². The van der Waals surface area contributed by atoms with E-state index in [0.29, 0.717) is 32.1 Å². The van der Waals surface area contributed by atoms with Crippen molar-refractivity contribution < 1.29 is 17.9 Å². The average Bonchev–Trinajstić information content (AvgIpc) is 2.50. The van der Waals surface area contributed by atoms with Crippen molar-refractivity contribution in [3.05, 3.63) is 0 Å². The molecule has 0 saturated carbocycles. The minimum atomic E-state index is -3.30. The molecule has 0 aliphatic carbocycles. The van der Waals surface area contributed by atoms with Gasteiger partial charge in [-0.2, -0.15) is 0 Å². The topological polar surface area (TPSA) is 112 Å². The molecular formula is C15H31N5O4S. The lowest BCUT2D eigenvalue weighted by molar-refractivity contribution is 0.111. The molecule has 1 aliphatic rings. The highest BCUT2D eigenvalue weighted by molar-refractivity contribution is 7.88. The van der Waals surface area contributed by atoms with E-state index in [1.54, 1.807) is 18.7 Å². The lowest BCUT2D eigenvalue weighted by Gasteiger charge is -2.32. The van der Waals surface area contributed by atoms with Crippen molar-refractivity contribution in [1.29, 1.82) is 0 Å². The summed E-state index contributed by atoms with van der Waals surface area (Å²) in [5, 5.41) is 6.52. The van der Waals surface area contributed by atoms with Gasteiger partial charge in [-0.05, 0) is 33.6 Å². The van der Waals surface area contributed by atoms with Gasteiger partial charge in [0.15, 0.2) is 5.96 Å². The Balaban J connectivity index is 2.61. The molecule has 146 valence electrons. The lowest BCUT2D eigenvalue weighted by atomic mass is 10.1. The monoisotopic (exact) mass is 377 g/mol. The molecule has 1 fully saturated rings. The Morgan fingerprint density at radius 3 is 2.40 bits per heavy atom. The molecule has 0 unspecified atom stereocenters. The third-order valence-electron chi connectivity index (χ3n) is 3.71. The molecule has 0 aromatic carbocycles. The van der Waals surface area contributed by atoms with E-state index >= 15 is 0 Å². The standard InChI is InChI=1S/C15H31N5O4S/c1-6-16-13(17-11-15(2,3)19-25(5,22)23)18-12-7-9-20(10-8-12)14(21)24-4/h12,19H,6-11H2,1-5H3,(H2,16,17,18). The van der Waals surface area contributed by atoms with Gasteiger partial charge >= 0.3 is 6.09 Å². The van der Waals surface area contributed by atoms with Crippen molar-refractivity contribution in [2.24, 2.45) is 4.99 Å². The molecule has 9 nitrogen and oxygen atoms in total. The maximum atomic E-state index is 11.5. The SMILES string of the molecule is CCNC(=NCC(C)(C)NS(C)(=O)=O)NC1CCN(C(=O)OC)CC1. The summed E-state index contributed by atoms with van der Waals surface area (Å²) in [6.07, 6.45) is 2.43. The van der Waals surface area contributed by atoms with E-state index in [4.69, 9.17) is 4.74 Å². The summed E-state index contributed by atoms with van der Waals surface area (Å²) in [6.45, 7) is 7.81. The first kappa shape index (κ1) is 21.5. The van der Waals surface area contributed by atoms with Crippen LogP contribution < -0.4 is 15.4 Å². The zero-order valence-corrected chi connectivity index (χ0v) is 16.6. The normalized spacial score (nSPS) is 17.3. The molecular weight excluding hydrogens is 346 g/mol. The number of rotatable bonds is 6. The van der Waals surface area contributed by atoms with Crippen molar-refractivity contribution in [2.75, 3.05) is 39.5 Å². The van der Waals surface area contributed by atoms with Gasteiger partial charge in [0.25, 0.3) is 0 Å². The summed E-state index contributed by atoms with van der Waals surface area (Å²) in [7, 11) is -1.91. The number of ether oxygens (including phenoxy) is 1. The number of nitrogens with one attached hydrogen (secondary N) is 3. The third kappa shape index (κ3) is 8.39. The minimum Gasteiger partial charge on any atom is -0.453 e. The van der Waals surface area contributed by atoms with Crippen molar-refractivity contribution in [3.63, 3.8) is 0 Å². The molecule has 0 aromatic heterocycles. The van der Waals surface area contributed by atoms with Crippen LogP contribution in [0, 0.1) is 0 Å². The number of methoxy groups -OCH3 is 1. The molecule has 0 radical (unpaired) electrons. The zero-order chi connectivity index (χ0) is 19.1. The Bertz CT molecular complexity index is 568.